The van der Waals surface area contributed by atoms with Gasteiger partial charge in [0.1, 0.15) is 34.2 Å². The summed E-state index contributed by atoms with van der Waals surface area (Å²) in [6, 6.07) is 12.6. The average molecular weight is 492 g/mol. The highest BCUT2D eigenvalue weighted by molar-refractivity contribution is 6.04. The van der Waals surface area contributed by atoms with Gasteiger partial charge in [-0.2, -0.15) is 0 Å². The fourth-order valence-corrected chi connectivity index (χ4v) is 6.88. The minimum absolute atomic E-state index is 0.0481. The van der Waals surface area contributed by atoms with E-state index in [9.17, 15) is 9.59 Å². The molecule has 37 heavy (non-hydrogen) atoms. The molecule has 7 rings (SSSR count). The largest absolute Gasteiger partial charge is 0.382 e. The second-order valence-electron chi connectivity index (χ2n) is 10.00. The molecule has 1 aromatic carbocycles. The Morgan fingerprint density at radius 2 is 1.89 bits per heavy atom. The van der Waals surface area contributed by atoms with Crippen molar-refractivity contribution in [1.82, 2.24) is 24.3 Å². The van der Waals surface area contributed by atoms with Crippen LogP contribution in [-0.2, 0) is 10.3 Å². The van der Waals surface area contributed by atoms with E-state index >= 15 is 0 Å². The first kappa shape index (κ1) is 21.7. The van der Waals surface area contributed by atoms with Crippen molar-refractivity contribution in [1.29, 1.82) is 0 Å². The molecule has 184 valence electrons. The molecule has 1 aliphatic heterocycles. The molecule has 2 amide bonds. The van der Waals surface area contributed by atoms with Gasteiger partial charge in [-0.25, -0.2) is 15.0 Å². The van der Waals surface area contributed by atoms with E-state index in [0.717, 1.165) is 37.1 Å². The summed E-state index contributed by atoms with van der Waals surface area (Å²) >= 11 is 0. The van der Waals surface area contributed by atoms with Crippen molar-refractivity contribution in [3.05, 3.63) is 85.1 Å². The molecule has 9 nitrogen and oxygen atoms in total. The van der Waals surface area contributed by atoms with E-state index in [0.29, 0.717) is 34.3 Å². The summed E-state index contributed by atoms with van der Waals surface area (Å²) in [5, 5.41) is 2.80. The third-order valence-electron chi connectivity index (χ3n) is 8.53. The molecule has 2 aliphatic carbocycles. The lowest BCUT2D eigenvalue weighted by molar-refractivity contribution is -0.124. The van der Waals surface area contributed by atoms with Crippen LogP contribution in [0.15, 0.2) is 73.7 Å². The lowest BCUT2D eigenvalue weighted by Gasteiger charge is -2.34. The maximum absolute atomic E-state index is 13.0. The van der Waals surface area contributed by atoms with Gasteiger partial charge in [-0.1, -0.05) is 24.8 Å². The number of likely N-dealkylation sites (tertiary alicyclic amines) is 1. The summed E-state index contributed by atoms with van der Waals surface area (Å²) < 4.78 is 2.00. The van der Waals surface area contributed by atoms with Gasteiger partial charge in [0.2, 0.25) is 5.91 Å². The van der Waals surface area contributed by atoms with Crippen molar-refractivity contribution in [2.24, 2.45) is 5.92 Å². The smallest absolute Gasteiger partial charge is 0.256 e. The first-order chi connectivity index (χ1) is 18.0. The Balaban J connectivity index is 1.30. The number of carbonyl (C=O) groups excluding carboxylic acids is 2. The predicted octanol–water partition coefficient (Wildman–Crippen LogP) is 3.79. The highest BCUT2D eigenvalue weighted by Crippen LogP contribution is 2.77. The third-order valence-corrected chi connectivity index (χ3v) is 8.53. The summed E-state index contributed by atoms with van der Waals surface area (Å²) in [5.41, 5.74) is 8.44. The maximum atomic E-state index is 13.0. The number of hydrogen-bond donors (Lipinski definition) is 2. The van der Waals surface area contributed by atoms with Crippen LogP contribution < -0.4 is 11.1 Å². The molecule has 4 heterocycles. The Morgan fingerprint density at radius 3 is 2.59 bits per heavy atom. The number of nitrogens with two attached hydrogens (primary N) is 1. The van der Waals surface area contributed by atoms with Gasteiger partial charge in [0, 0.05) is 29.7 Å². The molecule has 0 radical (unpaired) electrons. The molecule has 3 N–H and O–H groups in total. The normalized spacial score (nSPS) is 25.2. The number of nitrogens with zero attached hydrogens (tertiary/aromatic N) is 5. The van der Waals surface area contributed by atoms with Gasteiger partial charge in [0.15, 0.2) is 0 Å². The lowest BCUT2D eigenvalue weighted by atomic mass is 9.71. The van der Waals surface area contributed by atoms with Crippen LogP contribution in [0.4, 0.5) is 11.6 Å². The van der Waals surface area contributed by atoms with Crippen molar-refractivity contribution in [2.45, 2.75) is 36.8 Å². The number of anilines is 2. The Labute approximate surface area is 213 Å². The van der Waals surface area contributed by atoms with E-state index in [1.807, 2.05) is 33.7 Å². The highest BCUT2D eigenvalue weighted by atomic mass is 16.2. The first-order valence-corrected chi connectivity index (χ1v) is 12.4. The number of nitrogen functional groups attached to an aromatic ring is 1. The zero-order valence-electron chi connectivity index (χ0n) is 20.1. The summed E-state index contributed by atoms with van der Waals surface area (Å²) in [6.07, 6.45) is 10.6. The molecule has 1 saturated heterocycles. The maximum Gasteiger partial charge on any atom is 0.256 e. The number of rotatable bonds is 5. The van der Waals surface area contributed by atoms with Gasteiger partial charge in [0.25, 0.3) is 5.91 Å². The quantitative estimate of drug-likeness (QED) is 0.324. The molecule has 0 bridgehead atoms. The molecule has 1 spiro atoms. The van der Waals surface area contributed by atoms with Gasteiger partial charge >= 0.3 is 0 Å². The molecule has 3 aliphatic rings. The second-order valence-corrected chi connectivity index (χ2v) is 10.00. The number of fused-ring (bicyclic) bond motifs is 1. The van der Waals surface area contributed by atoms with Gasteiger partial charge in [-0.05, 0) is 61.9 Å². The van der Waals surface area contributed by atoms with E-state index in [2.05, 4.69) is 21.9 Å². The van der Waals surface area contributed by atoms with Crippen LogP contribution in [0.5, 0.6) is 0 Å². The minimum Gasteiger partial charge on any atom is -0.382 e. The lowest BCUT2D eigenvalue weighted by Crippen LogP contribution is -2.39. The van der Waals surface area contributed by atoms with E-state index in [-0.39, 0.29) is 17.4 Å². The molecule has 2 saturated carbocycles. The number of piperidine rings is 1. The minimum atomic E-state index is -0.460. The number of hydrogen-bond acceptors (Lipinski definition) is 6. The fraction of sp³-hybridized carbons (Fsp3) is 0.250. The zero-order valence-corrected chi connectivity index (χ0v) is 20.1. The van der Waals surface area contributed by atoms with Crippen LogP contribution in [0.1, 0.15) is 41.9 Å². The van der Waals surface area contributed by atoms with Crippen LogP contribution >= 0.6 is 0 Å². The number of pyridine rings is 1. The van der Waals surface area contributed by atoms with Crippen LogP contribution in [0.2, 0.25) is 0 Å². The van der Waals surface area contributed by atoms with Gasteiger partial charge in [-0.3, -0.25) is 14.0 Å². The number of carbonyl (C=O) groups is 2. The molecule has 3 atom stereocenters. The van der Waals surface area contributed by atoms with Crippen molar-refractivity contribution >= 4 is 29.0 Å². The Morgan fingerprint density at radius 1 is 1.08 bits per heavy atom. The number of benzene rings is 1. The van der Waals surface area contributed by atoms with Gasteiger partial charge in [0.05, 0.1) is 5.54 Å². The zero-order chi connectivity index (χ0) is 25.4. The van der Waals surface area contributed by atoms with Crippen molar-refractivity contribution in [3.63, 3.8) is 0 Å². The molecule has 9 heteroatoms. The highest BCUT2D eigenvalue weighted by Gasteiger charge is 2.86. The third kappa shape index (κ3) is 2.71. The Bertz CT molecular complexity index is 1600. The molecular formula is C28H25N7O2. The van der Waals surface area contributed by atoms with Crippen molar-refractivity contribution in [3.8, 4) is 11.3 Å². The average Bonchev–Trinajstić information content (AvgIpc) is 3.25. The Kier molecular flexibility index (Phi) is 4.40. The second kappa shape index (κ2) is 7.49. The summed E-state index contributed by atoms with van der Waals surface area (Å²) in [5.74, 6) is 1.87. The van der Waals surface area contributed by atoms with E-state index < -0.39 is 5.54 Å². The fourth-order valence-electron chi connectivity index (χ4n) is 6.88. The summed E-state index contributed by atoms with van der Waals surface area (Å²) in [7, 11) is 0. The van der Waals surface area contributed by atoms with Gasteiger partial charge < -0.3 is 16.0 Å². The van der Waals surface area contributed by atoms with Crippen LogP contribution in [0.25, 0.3) is 16.8 Å². The van der Waals surface area contributed by atoms with E-state index in [1.165, 1.54) is 6.08 Å². The van der Waals surface area contributed by atoms with Crippen molar-refractivity contribution in [2.75, 3.05) is 11.1 Å². The van der Waals surface area contributed by atoms with Gasteiger partial charge in [-0.15, -0.1) is 0 Å². The van der Waals surface area contributed by atoms with Crippen LogP contribution in [-0.4, -0.2) is 41.6 Å². The summed E-state index contributed by atoms with van der Waals surface area (Å²) in [6.45, 7) is 3.75. The number of nitrogens with one attached hydrogen (secondary N) is 1. The standard InChI is InChI=1S/C28H25N7O2/c1-2-21(36)35-27-12-10-19(27)11-13-28(27,35)26-33-22(23-24(29)31-15-16-34(23)26)17-6-8-18(9-7-17)25(37)32-20-5-3-4-14-30-20/h2-9,14-16,19H,1,10-13H2,(H2,29,31)(H,30,32,37). The monoisotopic (exact) mass is 491 g/mol. The topological polar surface area (TPSA) is 118 Å². The summed E-state index contributed by atoms with van der Waals surface area (Å²) in [4.78, 5) is 41.3. The van der Waals surface area contributed by atoms with Crippen LogP contribution in [0, 0.1) is 5.92 Å². The van der Waals surface area contributed by atoms with E-state index in [4.69, 9.17) is 10.7 Å². The molecule has 3 unspecified atom stereocenters. The number of amides is 2. The molecule has 4 aromatic rings. The molecule has 3 fully saturated rings. The number of imidazole rings is 1. The van der Waals surface area contributed by atoms with Crippen LogP contribution in [0.3, 0.4) is 0 Å². The number of aromatic nitrogens is 4. The predicted molar refractivity (Wildman–Crippen MR) is 138 cm³/mol. The molecular weight excluding hydrogens is 466 g/mol. The van der Waals surface area contributed by atoms with Crippen molar-refractivity contribution < 1.29 is 9.59 Å². The SMILES string of the molecule is C=CC(=O)N1C2(c3nc(-c4ccc(C(=O)Nc5ccccn5)cc4)c4c(N)nccn34)CCC3CCC312. The molecule has 3 aromatic heterocycles. The Hall–Kier alpha value is -4.53. The first-order valence-electron chi connectivity index (χ1n) is 12.4. The van der Waals surface area contributed by atoms with E-state index in [1.54, 1.807) is 36.7 Å².